The molecule has 3 rings (SSSR count). The summed E-state index contributed by atoms with van der Waals surface area (Å²) in [5, 5.41) is 0. The van der Waals surface area contributed by atoms with E-state index >= 15 is 0 Å². The number of hydrogen-bond acceptors (Lipinski definition) is 5. The van der Waals surface area contributed by atoms with E-state index in [9.17, 15) is 0 Å². The summed E-state index contributed by atoms with van der Waals surface area (Å²) in [4.78, 5) is 11.2. The summed E-state index contributed by atoms with van der Waals surface area (Å²) in [7, 11) is 0. The monoisotopic (exact) mass is 261 g/mol. The second-order valence-electron chi connectivity index (χ2n) is 4.93. The number of hydrogen-bond donors (Lipinski definition) is 1. The number of nitrogen functional groups attached to an aromatic ring is 1. The van der Waals surface area contributed by atoms with E-state index in [1.54, 1.807) is 0 Å². The van der Waals surface area contributed by atoms with Gasteiger partial charge in [0.2, 0.25) is 5.95 Å². The van der Waals surface area contributed by atoms with Crippen molar-refractivity contribution in [3.63, 3.8) is 0 Å². The molecule has 6 nitrogen and oxygen atoms in total. The van der Waals surface area contributed by atoms with Crippen LogP contribution in [0.1, 0.15) is 5.56 Å². The quantitative estimate of drug-likeness (QED) is 0.878. The third-order valence-electron chi connectivity index (χ3n) is 3.49. The van der Waals surface area contributed by atoms with Crippen LogP contribution >= 0.6 is 0 Å². The molecule has 1 aliphatic rings. The number of morpholine rings is 1. The zero-order chi connectivity index (χ0) is 13.2. The molecule has 2 aromatic rings. The highest BCUT2D eigenvalue weighted by Crippen LogP contribution is 2.16. The Bertz CT molecular complexity index is 574. The SMILES string of the molecule is Cc1cnc2c(c1)nc(N)n2CCN1CCOCC1. The van der Waals surface area contributed by atoms with Crippen LogP contribution in [-0.4, -0.2) is 52.3 Å². The molecule has 0 aliphatic carbocycles. The molecule has 3 heterocycles. The summed E-state index contributed by atoms with van der Waals surface area (Å²) in [6.45, 7) is 7.38. The highest BCUT2D eigenvalue weighted by Gasteiger charge is 2.13. The minimum absolute atomic E-state index is 0.543. The van der Waals surface area contributed by atoms with Crippen molar-refractivity contribution in [3.05, 3.63) is 17.8 Å². The van der Waals surface area contributed by atoms with Crippen LogP contribution in [0.15, 0.2) is 12.3 Å². The fourth-order valence-electron chi connectivity index (χ4n) is 2.42. The number of ether oxygens (including phenoxy) is 1. The maximum absolute atomic E-state index is 5.99. The van der Waals surface area contributed by atoms with Crippen LogP contribution in [0.3, 0.4) is 0 Å². The highest BCUT2D eigenvalue weighted by molar-refractivity contribution is 5.74. The average Bonchev–Trinajstić information content (AvgIpc) is 2.72. The summed E-state index contributed by atoms with van der Waals surface area (Å²) < 4.78 is 7.34. The molecular formula is C13H19N5O. The summed E-state index contributed by atoms with van der Waals surface area (Å²) >= 11 is 0. The maximum atomic E-state index is 5.99. The van der Waals surface area contributed by atoms with E-state index < -0.39 is 0 Å². The number of aromatic nitrogens is 3. The van der Waals surface area contributed by atoms with E-state index in [1.807, 2.05) is 23.8 Å². The van der Waals surface area contributed by atoms with Crippen molar-refractivity contribution in [1.82, 2.24) is 19.4 Å². The molecular weight excluding hydrogens is 242 g/mol. The van der Waals surface area contributed by atoms with E-state index in [-0.39, 0.29) is 0 Å². The molecule has 2 N–H and O–H groups in total. The number of fused-ring (bicyclic) bond motifs is 1. The Morgan fingerprint density at radius 1 is 1.32 bits per heavy atom. The number of pyridine rings is 1. The summed E-state index contributed by atoms with van der Waals surface area (Å²) in [5.41, 5.74) is 8.84. The van der Waals surface area contributed by atoms with Gasteiger partial charge in [-0.05, 0) is 18.6 Å². The van der Waals surface area contributed by atoms with Gasteiger partial charge in [-0.2, -0.15) is 0 Å². The van der Waals surface area contributed by atoms with Crippen molar-refractivity contribution in [2.75, 3.05) is 38.6 Å². The van der Waals surface area contributed by atoms with E-state index in [2.05, 4.69) is 14.9 Å². The second-order valence-corrected chi connectivity index (χ2v) is 4.93. The molecule has 2 aromatic heterocycles. The first kappa shape index (κ1) is 12.4. The number of nitrogens with two attached hydrogens (primary N) is 1. The molecule has 19 heavy (non-hydrogen) atoms. The van der Waals surface area contributed by atoms with Gasteiger partial charge in [0.1, 0.15) is 5.52 Å². The van der Waals surface area contributed by atoms with Crippen LogP contribution in [0.4, 0.5) is 5.95 Å². The van der Waals surface area contributed by atoms with E-state index in [1.165, 1.54) is 0 Å². The van der Waals surface area contributed by atoms with Gasteiger partial charge >= 0.3 is 0 Å². The fraction of sp³-hybridized carbons (Fsp3) is 0.538. The third-order valence-corrected chi connectivity index (χ3v) is 3.49. The van der Waals surface area contributed by atoms with Gasteiger partial charge in [0.05, 0.1) is 13.2 Å². The Kier molecular flexibility index (Phi) is 3.35. The molecule has 0 amide bonds. The Hall–Kier alpha value is -1.66. The third kappa shape index (κ3) is 2.54. The number of aryl methyl sites for hydroxylation is 1. The topological polar surface area (TPSA) is 69.2 Å². The first-order valence-corrected chi connectivity index (χ1v) is 6.62. The summed E-state index contributed by atoms with van der Waals surface area (Å²) in [6, 6.07) is 2.02. The minimum Gasteiger partial charge on any atom is -0.379 e. The molecule has 0 atom stereocenters. The predicted octanol–water partition coefficient (Wildman–Crippen LogP) is 0.654. The number of rotatable bonds is 3. The van der Waals surface area contributed by atoms with Gasteiger partial charge in [-0.1, -0.05) is 0 Å². The maximum Gasteiger partial charge on any atom is 0.202 e. The Labute approximate surface area is 112 Å². The lowest BCUT2D eigenvalue weighted by molar-refractivity contribution is 0.0366. The van der Waals surface area contributed by atoms with Crippen molar-refractivity contribution in [2.24, 2.45) is 0 Å². The predicted molar refractivity (Wildman–Crippen MR) is 73.9 cm³/mol. The first-order chi connectivity index (χ1) is 9.24. The standard InChI is InChI=1S/C13H19N5O/c1-10-8-11-12(15-9-10)18(13(14)16-11)3-2-17-4-6-19-7-5-17/h8-9H,2-7H2,1H3,(H2,14,16). The van der Waals surface area contributed by atoms with Crippen LogP contribution in [0.2, 0.25) is 0 Å². The molecule has 1 fully saturated rings. The van der Waals surface area contributed by atoms with Crippen molar-refractivity contribution in [3.8, 4) is 0 Å². The molecule has 0 radical (unpaired) electrons. The Balaban J connectivity index is 1.78. The number of nitrogens with zero attached hydrogens (tertiary/aromatic N) is 4. The highest BCUT2D eigenvalue weighted by atomic mass is 16.5. The number of imidazole rings is 1. The second kappa shape index (κ2) is 5.14. The molecule has 0 aromatic carbocycles. The van der Waals surface area contributed by atoms with Gasteiger partial charge in [0.25, 0.3) is 0 Å². The lowest BCUT2D eigenvalue weighted by Crippen LogP contribution is -2.38. The van der Waals surface area contributed by atoms with Crippen LogP contribution < -0.4 is 5.73 Å². The average molecular weight is 261 g/mol. The molecule has 1 aliphatic heterocycles. The molecule has 6 heteroatoms. The van der Waals surface area contributed by atoms with E-state index in [0.717, 1.165) is 56.1 Å². The fourth-order valence-corrected chi connectivity index (χ4v) is 2.42. The molecule has 0 bridgehead atoms. The van der Waals surface area contributed by atoms with E-state index in [4.69, 9.17) is 10.5 Å². The van der Waals surface area contributed by atoms with Gasteiger partial charge in [-0.15, -0.1) is 0 Å². The van der Waals surface area contributed by atoms with Crippen molar-refractivity contribution in [2.45, 2.75) is 13.5 Å². The molecule has 0 saturated carbocycles. The normalized spacial score (nSPS) is 17.1. The molecule has 102 valence electrons. The van der Waals surface area contributed by atoms with Gasteiger partial charge in [0.15, 0.2) is 5.65 Å². The minimum atomic E-state index is 0.543. The molecule has 0 spiro atoms. The molecule has 0 unspecified atom stereocenters. The largest absolute Gasteiger partial charge is 0.379 e. The summed E-state index contributed by atoms with van der Waals surface area (Å²) in [6.07, 6.45) is 1.86. The Morgan fingerprint density at radius 3 is 2.89 bits per heavy atom. The van der Waals surface area contributed by atoms with Crippen molar-refractivity contribution < 1.29 is 4.74 Å². The zero-order valence-corrected chi connectivity index (χ0v) is 11.2. The van der Waals surface area contributed by atoms with E-state index in [0.29, 0.717) is 5.95 Å². The lowest BCUT2D eigenvalue weighted by Gasteiger charge is -2.26. The molecule has 1 saturated heterocycles. The Morgan fingerprint density at radius 2 is 2.11 bits per heavy atom. The van der Waals surface area contributed by atoms with Gasteiger partial charge in [0, 0.05) is 32.4 Å². The van der Waals surface area contributed by atoms with Gasteiger partial charge in [-0.3, -0.25) is 9.47 Å². The van der Waals surface area contributed by atoms with Crippen LogP contribution in [0.5, 0.6) is 0 Å². The number of anilines is 1. The zero-order valence-electron chi connectivity index (χ0n) is 11.2. The van der Waals surface area contributed by atoms with Crippen molar-refractivity contribution >= 4 is 17.1 Å². The van der Waals surface area contributed by atoms with Crippen LogP contribution in [-0.2, 0) is 11.3 Å². The van der Waals surface area contributed by atoms with Crippen molar-refractivity contribution in [1.29, 1.82) is 0 Å². The van der Waals surface area contributed by atoms with Gasteiger partial charge < -0.3 is 10.5 Å². The summed E-state index contributed by atoms with van der Waals surface area (Å²) in [5.74, 6) is 0.543. The van der Waals surface area contributed by atoms with Crippen LogP contribution in [0.25, 0.3) is 11.2 Å². The smallest absolute Gasteiger partial charge is 0.202 e. The first-order valence-electron chi connectivity index (χ1n) is 6.62. The lowest BCUT2D eigenvalue weighted by atomic mass is 10.3. The van der Waals surface area contributed by atoms with Crippen LogP contribution in [0, 0.1) is 6.92 Å². The van der Waals surface area contributed by atoms with Gasteiger partial charge in [-0.25, -0.2) is 9.97 Å².